The van der Waals surface area contributed by atoms with Crippen molar-refractivity contribution in [2.75, 3.05) is 0 Å². The fourth-order valence-electron chi connectivity index (χ4n) is 1.34. The molecule has 0 unspecified atom stereocenters. The number of nitrogens with zero attached hydrogens (tertiary/aromatic N) is 4. The molecule has 0 aliphatic rings. The Bertz CT molecular complexity index is 595. The Morgan fingerprint density at radius 2 is 2.06 bits per heavy atom. The predicted molar refractivity (Wildman–Crippen MR) is 55.1 cm³/mol. The highest BCUT2D eigenvalue weighted by atomic mass is 16.4. The van der Waals surface area contributed by atoms with Crippen molar-refractivity contribution in [3.8, 4) is 0 Å². The SMILES string of the molecule is O=C(O)c1cnc(Cc2nn[nH]n2)c(C(=O)O)c1. The van der Waals surface area contributed by atoms with Crippen LogP contribution in [0.5, 0.6) is 0 Å². The van der Waals surface area contributed by atoms with Crippen LogP contribution >= 0.6 is 0 Å². The van der Waals surface area contributed by atoms with Gasteiger partial charge in [0.25, 0.3) is 0 Å². The Morgan fingerprint density at radius 3 is 2.61 bits per heavy atom. The summed E-state index contributed by atoms with van der Waals surface area (Å²) in [5, 5.41) is 30.7. The van der Waals surface area contributed by atoms with Crippen molar-refractivity contribution >= 4 is 11.9 Å². The van der Waals surface area contributed by atoms with Gasteiger partial charge in [0.15, 0.2) is 5.82 Å². The third kappa shape index (κ3) is 2.29. The van der Waals surface area contributed by atoms with Crippen molar-refractivity contribution in [1.82, 2.24) is 25.6 Å². The number of hydrogen-bond donors (Lipinski definition) is 3. The number of H-pyrrole nitrogens is 1. The number of hydrogen-bond acceptors (Lipinski definition) is 6. The summed E-state index contributed by atoms with van der Waals surface area (Å²) in [6.45, 7) is 0. The third-order valence-electron chi connectivity index (χ3n) is 2.16. The van der Waals surface area contributed by atoms with Gasteiger partial charge in [-0.25, -0.2) is 9.59 Å². The van der Waals surface area contributed by atoms with Gasteiger partial charge in [0.1, 0.15) is 0 Å². The molecule has 9 nitrogen and oxygen atoms in total. The standard InChI is InChI=1S/C9H7N5O4/c15-8(16)4-1-5(9(17)18)6(10-3-4)2-7-11-13-14-12-7/h1,3H,2H2,(H,15,16)(H,17,18)(H,11,12,13,14). The Morgan fingerprint density at radius 1 is 1.28 bits per heavy atom. The maximum absolute atomic E-state index is 11.0. The number of nitrogens with one attached hydrogen (secondary N) is 1. The number of rotatable bonds is 4. The maximum Gasteiger partial charge on any atom is 0.337 e. The van der Waals surface area contributed by atoms with Gasteiger partial charge < -0.3 is 10.2 Å². The van der Waals surface area contributed by atoms with Crippen LogP contribution in [-0.2, 0) is 6.42 Å². The normalized spacial score (nSPS) is 10.2. The maximum atomic E-state index is 11.0. The molecule has 92 valence electrons. The van der Waals surface area contributed by atoms with Gasteiger partial charge >= 0.3 is 11.9 Å². The van der Waals surface area contributed by atoms with E-state index in [1.54, 1.807) is 0 Å². The van der Waals surface area contributed by atoms with Crippen molar-refractivity contribution in [2.24, 2.45) is 0 Å². The van der Waals surface area contributed by atoms with Gasteiger partial charge in [-0.1, -0.05) is 5.21 Å². The number of aromatic carboxylic acids is 2. The Kier molecular flexibility index (Phi) is 2.96. The van der Waals surface area contributed by atoms with E-state index in [1.807, 2.05) is 0 Å². The average Bonchev–Trinajstić information content (AvgIpc) is 2.81. The first kappa shape index (κ1) is 11.6. The van der Waals surface area contributed by atoms with E-state index in [0.717, 1.165) is 12.3 Å². The lowest BCUT2D eigenvalue weighted by molar-refractivity contribution is 0.0695. The number of pyridine rings is 1. The van der Waals surface area contributed by atoms with E-state index in [4.69, 9.17) is 10.2 Å². The Labute approximate surface area is 99.5 Å². The summed E-state index contributed by atoms with van der Waals surface area (Å²) in [7, 11) is 0. The molecule has 3 N–H and O–H groups in total. The summed E-state index contributed by atoms with van der Waals surface area (Å²) in [6.07, 6.45) is 1.14. The lowest BCUT2D eigenvalue weighted by atomic mass is 10.1. The monoisotopic (exact) mass is 249 g/mol. The Balaban J connectivity index is 2.40. The quantitative estimate of drug-likeness (QED) is 0.663. The molecule has 18 heavy (non-hydrogen) atoms. The summed E-state index contributed by atoms with van der Waals surface area (Å²) < 4.78 is 0. The van der Waals surface area contributed by atoms with Crippen LogP contribution in [0.15, 0.2) is 12.3 Å². The molecule has 0 atom stereocenters. The van der Waals surface area contributed by atoms with Crippen LogP contribution in [0.3, 0.4) is 0 Å². The van der Waals surface area contributed by atoms with E-state index in [2.05, 4.69) is 25.6 Å². The van der Waals surface area contributed by atoms with E-state index < -0.39 is 11.9 Å². The largest absolute Gasteiger partial charge is 0.478 e. The number of carboxylic acid groups (broad SMARTS) is 2. The molecule has 0 radical (unpaired) electrons. The molecule has 0 aromatic carbocycles. The molecule has 0 bridgehead atoms. The zero-order valence-electron chi connectivity index (χ0n) is 8.86. The minimum Gasteiger partial charge on any atom is -0.478 e. The number of carboxylic acids is 2. The number of aromatic nitrogens is 5. The van der Waals surface area contributed by atoms with Gasteiger partial charge in [-0.2, -0.15) is 5.21 Å². The van der Waals surface area contributed by atoms with E-state index >= 15 is 0 Å². The van der Waals surface area contributed by atoms with Crippen LogP contribution in [0.2, 0.25) is 0 Å². The van der Waals surface area contributed by atoms with Crippen molar-refractivity contribution in [2.45, 2.75) is 6.42 Å². The zero-order valence-corrected chi connectivity index (χ0v) is 8.86. The molecule has 0 amide bonds. The molecule has 0 aliphatic carbocycles. The summed E-state index contributed by atoms with van der Waals surface area (Å²) in [6, 6.07) is 1.05. The number of aromatic amines is 1. The molecule has 2 aromatic rings. The number of tetrazole rings is 1. The van der Waals surface area contributed by atoms with Crippen molar-refractivity contribution in [3.05, 3.63) is 34.9 Å². The van der Waals surface area contributed by atoms with Crippen molar-refractivity contribution in [3.63, 3.8) is 0 Å². The first-order chi connectivity index (χ1) is 8.58. The van der Waals surface area contributed by atoms with E-state index in [1.165, 1.54) is 0 Å². The van der Waals surface area contributed by atoms with Crippen molar-refractivity contribution < 1.29 is 19.8 Å². The van der Waals surface area contributed by atoms with Crippen LogP contribution in [-0.4, -0.2) is 47.8 Å². The minimum atomic E-state index is -1.26. The summed E-state index contributed by atoms with van der Waals surface area (Å²) in [5.74, 6) is -2.23. The van der Waals surface area contributed by atoms with Crippen molar-refractivity contribution in [1.29, 1.82) is 0 Å². The molecule has 2 aromatic heterocycles. The molecule has 0 spiro atoms. The molecule has 0 aliphatic heterocycles. The van der Waals surface area contributed by atoms with Gasteiger partial charge in [-0.15, -0.1) is 10.2 Å². The molecule has 2 heterocycles. The Hall–Kier alpha value is -2.84. The second kappa shape index (κ2) is 4.57. The first-order valence-corrected chi connectivity index (χ1v) is 4.75. The average molecular weight is 249 g/mol. The molecule has 0 saturated carbocycles. The fourth-order valence-corrected chi connectivity index (χ4v) is 1.34. The lowest BCUT2D eigenvalue weighted by Gasteiger charge is -2.03. The number of carbonyl (C=O) groups is 2. The topological polar surface area (TPSA) is 142 Å². The van der Waals surface area contributed by atoms with Gasteiger partial charge in [0.2, 0.25) is 0 Å². The van der Waals surface area contributed by atoms with Crippen LogP contribution in [0.25, 0.3) is 0 Å². The smallest absolute Gasteiger partial charge is 0.337 e. The zero-order chi connectivity index (χ0) is 13.1. The molecule has 9 heteroatoms. The summed E-state index contributed by atoms with van der Waals surface area (Å²) >= 11 is 0. The highest BCUT2D eigenvalue weighted by molar-refractivity contribution is 5.94. The molecular weight excluding hydrogens is 242 g/mol. The second-order valence-electron chi connectivity index (χ2n) is 3.33. The van der Waals surface area contributed by atoms with Gasteiger partial charge in [-0.05, 0) is 6.07 Å². The van der Waals surface area contributed by atoms with E-state index in [9.17, 15) is 9.59 Å². The third-order valence-corrected chi connectivity index (χ3v) is 2.16. The molecule has 0 fully saturated rings. The van der Waals surface area contributed by atoms with E-state index in [-0.39, 0.29) is 29.1 Å². The summed E-state index contributed by atoms with van der Waals surface area (Å²) in [4.78, 5) is 25.6. The highest BCUT2D eigenvalue weighted by Crippen LogP contribution is 2.12. The van der Waals surface area contributed by atoms with Gasteiger partial charge in [0, 0.05) is 6.20 Å². The predicted octanol–water partition coefficient (Wildman–Crippen LogP) is -0.418. The fraction of sp³-hybridized carbons (Fsp3) is 0.111. The van der Waals surface area contributed by atoms with Crippen LogP contribution in [0.1, 0.15) is 32.2 Å². The van der Waals surface area contributed by atoms with Crippen LogP contribution in [0, 0.1) is 0 Å². The van der Waals surface area contributed by atoms with Gasteiger partial charge in [-0.3, -0.25) is 4.98 Å². The molecular formula is C9H7N5O4. The van der Waals surface area contributed by atoms with Gasteiger partial charge in [0.05, 0.1) is 23.2 Å². The van der Waals surface area contributed by atoms with Crippen LogP contribution < -0.4 is 0 Å². The van der Waals surface area contributed by atoms with Crippen LogP contribution in [0.4, 0.5) is 0 Å². The second-order valence-corrected chi connectivity index (χ2v) is 3.33. The lowest BCUT2D eigenvalue weighted by Crippen LogP contribution is -2.09. The first-order valence-electron chi connectivity index (χ1n) is 4.75. The molecule has 2 rings (SSSR count). The molecule has 0 saturated heterocycles. The summed E-state index contributed by atoms with van der Waals surface area (Å²) in [5.41, 5.74) is -0.210. The minimum absolute atomic E-state index is 0.0536. The highest BCUT2D eigenvalue weighted by Gasteiger charge is 2.16. The van der Waals surface area contributed by atoms with E-state index in [0.29, 0.717) is 0 Å².